The van der Waals surface area contributed by atoms with Crippen LogP contribution in [0.5, 0.6) is 0 Å². The van der Waals surface area contributed by atoms with Crippen molar-refractivity contribution in [2.24, 2.45) is 0 Å². The molecule has 2 amide bonds. The molecule has 0 aliphatic heterocycles. The zero-order valence-electron chi connectivity index (χ0n) is 7.51. The molecule has 4 heteroatoms. The van der Waals surface area contributed by atoms with E-state index in [1.54, 1.807) is 0 Å². The average molecular weight is 182 g/mol. The number of hydroxylamine groups is 1. The summed E-state index contributed by atoms with van der Waals surface area (Å²) >= 11 is 0. The first-order chi connectivity index (χ1) is 6.33. The maximum absolute atomic E-state index is 10.9. The molecule has 72 valence electrons. The smallest absolute Gasteiger partial charge is 0.325 e. The van der Waals surface area contributed by atoms with Crippen LogP contribution in [0.3, 0.4) is 0 Å². The zero-order chi connectivity index (χ0) is 9.52. The Bertz CT molecular complexity index is 204. The van der Waals surface area contributed by atoms with Crippen molar-refractivity contribution in [3.8, 4) is 12.3 Å². The molecule has 0 saturated heterocycles. The van der Waals surface area contributed by atoms with Crippen molar-refractivity contribution < 1.29 is 9.63 Å². The van der Waals surface area contributed by atoms with Crippen molar-refractivity contribution in [1.29, 1.82) is 0 Å². The monoisotopic (exact) mass is 182 g/mol. The van der Waals surface area contributed by atoms with Gasteiger partial charge >= 0.3 is 6.03 Å². The van der Waals surface area contributed by atoms with E-state index >= 15 is 0 Å². The maximum atomic E-state index is 10.9. The third-order valence-corrected chi connectivity index (χ3v) is 1.97. The van der Waals surface area contributed by atoms with E-state index in [2.05, 4.69) is 16.7 Å². The highest BCUT2D eigenvalue weighted by atomic mass is 16.7. The molecule has 0 heterocycles. The summed E-state index contributed by atoms with van der Waals surface area (Å²) in [6.45, 7) is 0.222. The van der Waals surface area contributed by atoms with Crippen LogP contribution in [0.25, 0.3) is 0 Å². The van der Waals surface area contributed by atoms with Gasteiger partial charge < -0.3 is 5.32 Å². The van der Waals surface area contributed by atoms with E-state index in [1.807, 2.05) is 0 Å². The molecule has 4 nitrogen and oxygen atoms in total. The van der Waals surface area contributed by atoms with Gasteiger partial charge in [0.2, 0.25) is 0 Å². The predicted molar refractivity (Wildman–Crippen MR) is 48.7 cm³/mol. The summed E-state index contributed by atoms with van der Waals surface area (Å²) in [4.78, 5) is 16.0. The molecule has 0 atom stereocenters. The second kappa shape index (κ2) is 5.44. The van der Waals surface area contributed by atoms with Crippen LogP contribution < -0.4 is 10.8 Å². The van der Waals surface area contributed by atoms with Crippen molar-refractivity contribution in [2.75, 3.05) is 6.54 Å². The molecule has 1 aliphatic rings. The minimum absolute atomic E-state index is 0.177. The third kappa shape index (κ3) is 3.81. The third-order valence-electron chi connectivity index (χ3n) is 1.97. The van der Waals surface area contributed by atoms with Crippen LogP contribution in [0.4, 0.5) is 4.79 Å². The minimum Gasteiger partial charge on any atom is -0.325 e. The molecule has 1 rings (SSSR count). The quantitative estimate of drug-likeness (QED) is 0.501. The summed E-state index contributed by atoms with van der Waals surface area (Å²) in [7, 11) is 0. The first-order valence-electron chi connectivity index (χ1n) is 4.46. The number of hydrogen-bond acceptors (Lipinski definition) is 2. The van der Waals surface area contributed by atoms with Gasteiger partial charge in [-0.3, -0.25) is 4.84 Å². The van der Waals surface area contributed by atoms with Gasteiger partial charge in [-0.2, -0.15) is 0 Å². The summed E-state index contributed by atoms with van der Waals surface area (Å²) in [6, 6.07) is -0.371. The molecule has 0 unspecified atom stereocenters. The summed E-state index contributed by atoms with van der Waals surface area (Å²) in [6.07, 6.45) is 9.54. The molecule has 1 fully saturated rings. The fraction of sp³-hybridized carbons (Fsp3) is 0.667. The van der Waals surface area contributed by atoms with Gasteiger partial charge in [0.25, 0.3) is 0 Å². The Morgan fingerprint density at radius 1 is 1.54 bits per heavy atom. The van der Waals surface area contributed by atoms with Gasteiger partial charge in [0.1, 0.15) is 0 Å². The van der Waals surface area contributed by atoms with Crippen LogP contribution in [0.15, 0.2) is 0 Å². The van der Waals surface area contributed by atoms with E-state index in [4.69, 9.17) is 11.3 Å². The fourth-order valence-electron chi connectivity index (χ4n) is 1.31. The fourth-order valence-corrected chi connectivity index (χ4v) is 1.31. The SMILES string of the molecule is C#CCNC(=O)NOC1CCCC1. The predicted octanol–water partition coefficient (Wildman–Crippen LogP) is 0.793. The largest absolute Gasteiger partial charge is 0.339 e. The number of terminal acetylenes is 1. The van der Waals surface area contributed by atoms with Gasteiger partial charge in [0.15, 0.2) is 0 Å². The highest BCUT2D eigenvalue weighted by Gasteiger charge is 2.16. The zero-order valence-corrected chi connectivity index (χ0v) is 7.51. The van der Waals surface area contributed by atoms with Crippen molar-refractivity contribution >= 4 is 6.03 Å². The van der Waals surface area contributed by atoms with Gasteiger partial charge in [-0.1, -0.05) is 18.8 Å². The molecular weight excluding hydrogens is 168 g/mol. The van der Waals surface area contributed by atoms with Gasteiger partial charge in [0, 0.05) is 0 Å². The van der Waals surface area contributed by atoms with E-state index in [1.165, 1.54) is 12.8 Å². The number of carbonyl (C=O) groups is 1. The number of urea groups is 1. The van der Waals surface area contributed by atoms with Gasteiger partial charge in [0.05, 0.1) is 12.6 Å². The van der Waals surface area contributed by atoms with Crippen LogP contribution in [0.2, 0.25) is 0 Å². The molecule has 2 N–H and O–H groups in total. The van der Waals surface area contributed by atoms with Gasteiger partial charge in [-0.15, -0.1) is 6.42 Å². The number of rotatable bonds is 3. The molecule has 1 saturated carbocycles. The Kier molecular flexibility index (Phi) is 4.13. The number of hydrogen-bond donors (Lipinski definition) is 2. The molecule has 1 aliphatic carbocycles. The summed E-state index contributed by atoms with van der Waals surface area (Å²) in [5.74, 6) is 2.30. The number of amides is 2. The van der Waals surface area contributed by atoms with Crippen LogP contribution >= 0.6 is 0 Å². The van der Waals surface area contributed by atoms with E-state index in [0.717, 1.165) is 12.8 Å². The Balaban J connectivity index is 2.04. The van der Waals surface area contributed by atoms with Crippen molar-refractivity contribution in [1.82, 2.24) is 10.8 Å². The average Bonchev–Trinajstić information content (AvgIpc) is 2.64. The normalized spacial score (nSPS) is 16.5. The van der Waals surface area contributed by atoms with Gasteiger partial charge in [-0.05, 0) is 12.8 Å². The molecule has 0 aromatic rings. The number of nitrogens with one attached hydrogen (secondary N) is 2. The highest BCUT2D eigenvalue weighted by molar-refractivity contribution is 5.72. The standard InChI is InChI=1S/C9H14N2O2/c1-2-7-10-9(12)11-13-8-5-3-4-6-8/h1,8H,3-7H2,(H2,10,11,12). The topological polar surface area (TPSA) is 50.4 Å². The van der Waals surface area contributed by atoms with Crippen molar-refractivity contribution in [3.05, 3.63) is 0 Å². The first-order valence-corrected chi connectivity index (χ1v) is 4.46. The Morgan fingerprint density at radius 2 is 2.23 bits per heavy atom. The summed E-state index contributed by atoms with van der Waals surface area (Å²) in [5, 5.41) is 2.45. The van der Waals surface area contributed by atoms with E-state index in [9.17, 15) is 4.79 Å². The van der Waals surface area contributed by atoms with Crippen molar-refractivity contribution in [2.45, 2.75) is 31.8 Å². The van der Waals surface area contributed by atoms with E-state index in [-0.39, 0.29) is 18.7 Å². The lowest BCUT2D eigenvalue weighted by molar-refractivity contribution is 0.000436. The molecule has 0 aromatic carbocycles. The molecular formula is C9H14N2O2. The lowest BCUT2D eigenvalue weighted by Crippen LogP contribution is -2.37. The van der Waals surface area contributed by atoms with Crippen LogP contribution in [0.1, 0.15) is 25.7 Å². The van der Waals surface area contributed by atoms with Crippen molar-refractivity contribution in [3.63, 3.8) is 0 Å². The summed E-state index contributed by atoms with van der Waals surface area (Å²) < 4.78 is 0. The molecule has 0 bridgehead atoms. The lowest BCUT2D eigenvalue weighted by Gasteiger charge is -2.10. The summed E-state index contributed by atoms with van der Waals surface area (Å²) in [5.41, 5.74) is 2.31. The molecule has 13 heavy (non-hydrogen) atoms. The Morgan fingerprint density at radius 3 is 2.85 bits per heavy atom. The molecule has 0 spiro atoms. The molecule has 0 aromatic heterocycles. The van der Waals surface area contributed by atoms with E-state index < -0.39 is 0 Å². The second-order valence-corrected chi connectivity index (χ2v) is 3.01. The van der Waals surface area contributed by atoms with Crippen LogP contribution in [-0.4, -0.2) is 18.7 Å². The van der Waals surface area contributed by atoms with E-state index in [0.29, 0.717) is 0 Å². The Labute approximate surface area is 78.0 Å². The first kappa shape index (κ1) is 9.87. The van der Waals surface area contributed by atoms with Gasteiger partial charge in [-0.25, -0.2) is 10.3 Å². The Hall–Kier alpha value is -1.21. The lowest BCUT2D eigenvalue weighted by atomic mass is 10.3. The molecule has 0 radical (unpaired) electrons. The minimum atomic E-state index is -0.371. The number of carbonyl (C=O) groups excluding carboxylic acids is 1. The van der Waals surface area contributed by atoms with Crippen LogP contribution in [-0.2, 0) is 4.84 Å². The second-order valence-electron chi connectivity index (χ2n) is 3.01. The highest BCUT2D eigenvalue weighted by Crippen LogP contribution is 2.19. The van der Waals surface area contributed by atoms with Crippen LogP contribution in [0, 0.1) is 12.3 Å². The maximum Gasteiger partial charge on any atom is 0.339 e.